The molecule has 0 spiro atoms. The second kappa shape index (κ2) is 8.43. The zero-order valence-corrected chi connectivity index (χ0v) is 11.4. The van der Waals surface area contributed by atoms with E-state index in [-0.39, 0.29) is 11.9 Å². The van der Waals surface area contributed by atoms with E-state index in [9.17, 15) is 9.18 Å². The summed E-state index contributed by atoms with van der Waals surface area (Å²) in [5.74, 6) is -0.689. The van der Waals surface area contributed by atoms with Gasteiger partial charge in [0.05, 0.1) is 0 Å². The van der Waals surface area contributed by atoms with Gasteiger partial charge in [-0.1, -0.05) is 19.1 Å². The molecular formula is C15H20FNO2. The van der Waals surface area contributed by atoms with Gasteiger partial charge in [0.15, 0.2) is 0 Å². The summed E-state index contributed by atoms with van der Waals surface area (Å²) in [6.45, 7) is 5.47. The van der Waals surface area contributed by atoms with E-state index in [0.717, 1.165) is 18.5 Å². The van der Waals surface area contributed by atoms with Crippen LogP contribution in [0, 0.1) is 5.82 Å². The van der Waals surface area contributed by atoms with Gasteiger partial charge in [0.1, 0.15) is 11.9 Å². The first-order valence-corrected chi connectivity index (χ1v) is 6.46. The number of carbonyl (C=O) groups excluding carboxylic acids is 1. The molecule has 0 aliphatic carbocycles. The predicted molar refractivity (Wildman–Crippen MR) is 74.1 cm³/mol. The van der Waals surface area contributed by atoms with Crippen LogP contribution in [0.3, 0.4) is 0 Å². The number of rotatable bonds is 7. The van der Waals surface area contributed by atoms with Gasteiger partial charge in [0, 0.05) is 12.6 Å². The Hall–Kier alpha value is -1.68. The van der Waals surface area contributed by atoms with Crippen LogP contribution < -0.4 is 5.32 Å². The molecule has 3 nitrogen and oxygen atoms in total. The molecule has 0 amide bonds. The minimum absolute atomic E-state index is 0.170. The first kappa shape index (κ1) is 15.4. The molecule has 1 atom stereocenters. The van der Waals surface area contributed by atoms with Crippen LogP contribution in [0.1, 0.15) is 25.8 Å². The van der Waals surface area contributed by atoms with Crippen molar-refractivity contribution >= 4 is 12.0 Å². The van der Waals surface area contributed by atoms with Gasteiger partial charge in [-0.3, -0.25) is 0 Å². The summed E-state index contributed by atoms with van der Waals surface area (Å²) in [4.78, 5) is 11.5. The maximum absolute atomic E-state index is 12.7. The molecule has 0 bridgehead atoms. The number of esters is 1. The second-order valence-electron chi connectivity index (χ2n) is 4.34. The summed E-state index contributed by atoms with van der Waals surface area (Å²) in [5.41, 5.74) is 0.759. The lowest BCUT2D eigenvalue weighted by Gasteiger charge is -2.12. The molecule has 0 fully saturated rings. The molecule has 0 aliphatic rings. The van der Waals surface area contributed by atoms with Crippen molar-refractivity contribution in [2.45, 2.75) is 26.4 Å². The van der Waals surface area contributed by atoms with Crippen LogP contribution in [0.25, 0.3) is 6.08 Å². The highest BCUT2D eigenvalue weighted by Gasteiger charge is 2.05. The smallest absolute Gasteiger partial charge is 0.331 e. The summed E-state index contributed by atoms with van der Waals surface area (Å²) in [6, 6.07) is 5.90. The SMILES string of the molecule is CCCNCC(C)OC(=O)/C=C/c1ccc(F)cc1. The van der Waals surface area contributed by atoms with Crippen LogP contribution in [0.4, 0.5) is 4.39 Å². The number of hydrogen-bond acceptors (Lipinski definition) is 3. The average Bonchev–Trinajstić information content (AvgIpc) is 2.38. The number of nitrogens with one attached hydrogen (secondary N) is 1. The Labute approximate surface area is 113 Å². The fourth-order valence-corrected chi connectivity index (χ4v) is 1.50. The molecule has 0 aromatic heterocycles. The lowest BCUT2D eigenvalue weighted by molar-refractivity contribution is -0.141. The molecule has 0 aliphatic heterocycles. The van der Waals surface area contributed by atoms with E-state index in [1.807, 2.05) is 6.92 Å². The first-order chi connectivity index (χ1) is 9.11. The molecule has 104 valence electrons. The normalized spacial score (nSPS) is 12.6. The number of carbonyl (C=O) groups is 1. The number of hydrogen-bond donors (Lipinski definition) is 1. The fraction of sp³-hybridized carbons (Fsp3) is 0.400. The first-order valence-electron chi connectivity index (χ1n) is 6.46. The number of benzene rings is 1. The predicted octanol–water partition coefficient (Wildman–Crippen LogP) is 2.77. The third kappa shape index (κ3) is 6.72. The summed E-state index contributed by atoms with van der Waals surface area (Å²) in [6.07, 6.45) is 3.83. The van der Waals surface area contributed by atoms with Crippen molar-refractivity contribution in [1.82, 2.24) is 5.32 Å². The standard InChI is InChI=1S/C15H20FNO2/c1-3-10-17-11-12(2)19-15(18)9-6-13-4-7-14(16)8-5-13/h4-9,12,17H,3,10-11H2,1-2H3/b9-6+. The highest BCUT2D eigenvalue weighted by atomic mass is 19.1. The fourth-order valence-electron chi connectivity index (χ4n) is 1.50. The lowest BCUT2D eigenvalue weighted by Crippen LogP contribution is -2.28. The zero-order chi connectivity index (χ0) is 14.1. The Morgan fingerprint density at radius 3 is 2.74 bits per heavy atom. The Morgan fingerprint density at radius 2 is 2.11 bits per heavy atom. The summed E-state index contributed by atoms with van der Waals surface area (Å²) < 4.78 is 17.9. The molecule has 0 heterocycles. The quantitative estimate of drug-likeness (QED) is 0.468. The monoisotopic (exact) mass is 265 g/mol. The van der Waals surface area contributed by atoms with Crippen LogP contribution in [0.2, 0.25) is 0 Å². The van der Waals surface area contributed by atoms with E-state index in [2.05, 4.69) is 12.2 Å². The largest absolute Gasteiger partial charge is 0.458 e. The van der Waals surface area contributed by atoms with Gasteiger partial charge in [0.2, 0.25) is 0 Å². The van der Waals surface area contributed by atoms with E-state index in [1.54, 1.807) is 18.2 Å². The second-order valence-corrected chi connectivity index (χ2v) is 4.34. The van der Waals surface area contributed by atoms with Crippen molar-refractivity contribution in [3.8, 4) is 0 Å². The van der Waals surface area contributed by atoms with Crippen LogP contribution in [-0.2, 0) is 9.53 Å². The minimum Gasteiger partial charge on any atom is -0.458 e. The molecule has 19 heavy (non-hydrogen) atoms. The van der Waals surface area contributed by atoms with Crippen molar-refractivity contribution in [2.24, 2.45) is 0 Å². The molecule has 1 aromatic rings. The van der Waals surface area contributed by atoms with Gasteiger partial charge in [0.25, 0.3) is 0 Å². The summed E-state index contributed by atoms with van der Waals surface area (Å²) >= 11 is 0. The lowest BCUT2D eigenvalue weighted by atomic mass is 10.2. The van der Waals surface area contributed by atoms with Crippen molar-refractivity contribution < 1.29 is 13.9 Å². The molecule has 4 heteroatoms. The van der Waals surface area contributed by atoms with Gasteiger partial charge in [-0.25, -0.2) is 9.18 Å². The molecule has 0 saturated heterocycles. The molecule has 1 aromatic carbocycles. The van der Waals surface area contributed by atoms with Gasteiger partial charge in [-0.15, -0.1) is 0 Å². The van der Waals surface area contributed by atoms with Gasteiger partial charge in [-0.05, 0) is 43.7 Å². The molecule has 0 saturated carbocycles. The highest BCUT2D eigenvalue weighted by Crippen LogP contribution is 2.05. The maximum Gasteiger partial charge on any atom is 0.331 e. The summed E-state index contributed by atoms with van der Waals surface area (Å²) in [7, 11) is 0. The Kier molecular flexibility index (Phi) is 6.82. The Bertz CT molecular complexity index is 415. The Morgan fingerprint density at radius 1 is 1.42 bits per heavy atom. The van der Waals surface area contributed by atoms with Crippen LogP contribution >= 0.6 is 0 Å². The van der Waals surface area contributed by atoms with E-state index in [4.69, 9.17) is 4.74 Å². The van der Waals surface area contributed by atoms with Gasteiger partial charge in [-0.2, -0.15) is 0 Å². The third-order valence-electron chi connectivity index (χ3n) is 2.46. The van der Waals surface area contributed by atoms with Crippen LogP contribution in [0.15, 0.2) is 30.3 Å². The maximum atomic E-state index is 12.7. The molecular weight excluding hydrogens is 245 g/mol. The average molecular weight is 265 g/mol. The number of ether oxygens (including phenoxy) is 1. The van der Waals surface area contributed by atoms with Crippen molar-refractivity contribution in [2.75, 3.05) is 13.1 Å². The van der Waals surface area contributed by atoms with Crippen LogP contribution in [0.5, 0.6) is 0 Å². The Balaban J connectivity index is 2.35. The van der Waals surface area contributed by atoms with E-state index < -0.39 is 5.97 Å². The molecule has 1 unspecified atom stereocenters. The molecule has 1 N–H and O–H groups in total. The third-order valence-corrected chi connectivity index (χ3v) is 2.46. The van der Waals surface area contributed by atoms with E-state index in [0.29, 0.717) is 6.54 Å². The van der Waals surface area contributed by atoms with Gasteiger partial charge < -0.3 is 10.1 Å². The van der Waals surface area contributed by atoms with Gasteiger partial charge >= 0.3 is 5.97 Å². The minimum atomic E-state index is -0.393. The van der Waals surface area contributed by atoms with Crippen molar-refractivity contribution in [1.29, 1.82) is 0 Å². The number of halogens is 1. The van der Waals surface area contributed by atoms with E-state index >= 15 is 0 Å². The highest BCUT2D eigenvalue weighted by molar-refractivity contribution is 5.87. The van der Waals surface area contributed by atoms with E-state index in [1.165, 1.54) is 18.2 Å². The molecule has 0 radical (unpaired) electrons. The van der Waals surface area contributed by atoms with Crippen molar-refractivity contribution in [3.05, 3.63) is 41.7 Å². The van der Waals surface area contributed by atoms with Crippen LogP contribution in [-0.4, -0.2) is 25.2 Å². The van der Waals surface area contributed by atoms with Crippen molar-refractivity contribution in [3.63, 3.8) is 0 Å². The zero-order valence-electron chi connectivity index (χ0n) is 11.4. The summed E-state index contributed by atoms with van der Waals surface area (Å²) in [5, 5.41) is 3.18. The molecule has 1 rings (SSSR count). The topological polar surface area (TPSA) is 38.3 Å².